The third kappa shape index (κ3) is 3.79. The van der Waals surface area contributed by atoms with Gasteiger partial charge in [0, 0.05) is 11.8 Å². The van der Waals surface area contributed by atoms with Crippen LogP contribution < -0.4 is 9.47 Å². The summed E-state index contributed by atoms with van der Waals surface area (Å²) in [6.07, 6.45) is 0. The number of rotatable bonds is 5. The first-order valence-corrected chi connectivity index (χ1v) is 8.07. The molecule has 1 aromatic heterocycles. The molecule has 0 aliphatic heterocycles. The van der Waals surface area contributed by atoms with E-state index < -0.39 is 10.9 Å². The van der Waals surface area contributed by atoms with Crippen LogP contribution in [0.15, 0.2) is 48.5 Å². The van der Waals surface area contributed by atoms with Gasteiger partial charge in [0.25, 0.3) is 5.69 Å². The summed E-state index contributed by atoms with van der Waals surface area (Å²) in [6, 6.07) is 12.5. The zero-order valence-corrected chi connectivity index (χ0v) is 15.0. The van der Waals surface area contributed by atoms with Gasteiger partial charge in [0.15, 0.2) is 11.5 Å². The van der Waals surface area contributed by atoms with Crippen LogP contribution in [0.1, 0.15) is 21.7 Å². The van der Waals surface area contributed by atoms with Gasteiger partial charge in [-0.15, -0.1) is 0 Å². The van der Waals surface area contributed by atoms with Crippen molar-refractivity contribution in [3.8, 4) is 17.2 Å². The molecule has 1 heterocycles. The van der Waals surface area contributed by atoms with E-state index in [0.717, 1.165) is 23.1 Å². The van der Waals surface area contributed by atoms with Crippen molar-refractivity contribution in [3.63, 3.8) is 0 Å². The Kier molecular flexibility index (Phi) is 4.89. The molecule has 0 bridgehead atoms. The van der Waals surface area contributed by atoms with E-state index in [2.05, 4.69) is 5.10 Å². The van der Waals surface area contributed by atoms with Crippen molar-refractivity contribution in [2.45, 2.75) is 13.8 Å². The molecule has 3 aromatic rings. The van der Waals surface area contributed by atoms with Crippen molar-refractivity contribution in [1.29, 1.82) is 0 Å². The number of carbonyl (C=O) groups is 1. The molecule has 0 saturated heterocycles. The number of hydrogen-bond acceptors (Lipinski definition) is 6. The van der Waals surface area contributed by atoms with Gasteiger partial charge >= 0.3 is 5.97 Å². The number of aryl methyl sites for hydroxylation is 2. The Morgan fingerprint density at radius 1 is 1.07 bits per heavy atom. The second-order valence-electron chi connectivity index (χ2n) is 5.87. The van der Waals surface area contributed by atoms with Crippen molar-refractivity contribution in [2.75, 3.05) is 7.11 Å². The number of hydrogen-bond donors (Lipinski definition) is 0. The molecule has 2 aromatic carbocycles. The largest absolute Gasteiger partial charge is 0.493 e. The first-order valence-electron chi connectivity index (χ1n) is 8.07. The number of esters is 1. The van der Waals surface area contributed by atoms with Gasteiger partial charge in [0.2, 0.25) is 0 Å². The highest BCUT2D eigenvalue weighted by Gasteiger charge is 2.17. The molecule has 3 rings (SSSR count). The van der Waals surface area contributed by atoms with E-state index in [1.54, 1.807) is 28.9 Å². The minimum Gasteiger partial charge on any atom is -0.493 e. The molecule has 0 aliphatic carbocycles. The number of nitro benzene ring substituents is 1. The summed E-state index contributed by atoms with van der Waals surface area (Å²) in [5.41, 5.74) is 2.79. The van der Waals surface area contributed by atoms with E-state index in [0.29, 0.717) is 5.56 Å². The number of non-ortho nitro benzene ring substituents is 1. The van der Waals surface area contributed by atoms with E-state index in [9.17, 15) is 14.9 Å². The molecule has 0 saturated carbocycles. The average Bonchev–Trinajstić information content (AvgIpc) is 2.99. The molecular weight excluding hydrogens is 350 g/mol. The lowest BCUT2D eigenvalue weighted by Crippen LogP contribution is -2.10. The van der Waals surface area contributed by atoms with Crippen molar-refractivity contribution in [3.05, 3.63) is 75.6 Å². The zero-order valence-electron chi connectivity index (χ0n) is 15.0. The average molecular weight is 367 g/mol. The van der Waals surface area contributed by atoms with E-state index >= 15 is 0 Å². The topological polar surface area (TPSA) is 96.5 Å². The van der Waals surface area contributed by atoms with Gasteiger partial charge in [-0.25, -0.2) is 9.48 Å². The minimum absolute atomic E-state index is 0.0145. The molecule has 0 spiro atoms. The standard InChI is InChI=1S/C19H17N3O5/c1-12-10-13(2)21(20-12)15-6-4-14(5-7-15)19(23)27-18-11-16(22(24)25)8-9-17(18)26-3/h4-11H,1-3H3. The number of ether oxygens (including phenoxy) is 2. The summed E-state index contributed by atoms with van der Waals surface area (Å²) < 4.78 is 12.2. The molecule has 138 valence electrons. The molecular formula is C19H17N3O5. The van der Waals surface area contributed by atoms with Gasteiger partial charge in [0.05, 0.1) is 35.0 Å². The molecule has 0 aliphatic rings. The van der Waals surface area contributed by atoms with Gasteiger partial charge < -0.3 is 9.47 Å². The van der Waals surface area contributed by atoms with Crippen LogP contribution >= 0.6 is 0 Å². The van der Waals surface area contributed by atoms with Crippen LogP contribution in [-0.2, 0) is 0 Å². The quantitative estimate of drug-likeness (QED) is 0.296. The fraction of sp³-hybridized carbons (Fsp3) is 0.158. The lowest BCUT2D eigenvalue weighted by molar-refractivity contribution is -0.384. The molecule has 0 N–H and O–H groups in total. The first-order chi connectivity index (χ1) is 12.9. The summed E-state index contributed by atoms with van der Waals surface area (Å²) in [4.78, 5) is 22.8. The van der Waals surface area contributed by atoms with Crippen molar-refractivity contribution in [1.82, 2.24) is 9.78 Å². The Labute approximate surface area is 155 Å². The third-order valence-corrected chi connectivity index (χ3v) is 3.92. The SMILES string of the molecule is COc1ccc([N+](=O)[O-])cc1OC(=O)c1ccc(-n2nc(C)cc2C)cc1. The van der Waals surface area contributed by atoms with Crippen LogP contribution in [0.25, 0.3) is 5.69 Å². The minimum atomic E-state index is -0.645. The maximum Gasteiger partial charge on any atom is 0.343 e. The Bertz CT molecular complexity index is 1010. The van der Waals surface area contributed by atoms with E-state index in [-0.39, 0.29) is 17.2 Å². The molecule has 0 atom stereocenters. The van der Waals surface area contributed by atoms with Gasteiger partial charge in [-0.2, -0.15) is 5.10 Å². The Morgan fingerprint density at radius 3 is 2.33 bits per heavy atom. The van der Waals surface area contributed by atoms with Gasteiger partial charge in [-0.1, -0.05) is 0 Å². The van der Waals surface area contributed by atoms with Crippen LogP contribution in [0.3, 0.4) is 0 Å². The second-order valence-corrected chi connectivity index (χ2v) is 5.87. The second kappa shape index (κ2) is 7.28. The lowest BCUT2D eigenvalue weighted by Gasteiger charge is -2.09. The number of nitro groups is 1. The number of methoxy groups -OCH3 is 1. The molecule has 0 radical (unpaired) electrons. The van der Waals surface area contributed by atoms with Crippen molar-refractivity contribution >= 4 is 11.7 Å². The normalized spacial score (nSPS) is 10.5. The number of benzene rings is 2. The van der Waals surface area contributed by atoms with Crippen LogP contribution in [0.2, 0.25) is 0 Å². The Hall–Kier alpha value is -3.68. The summed E-state index contributed by atoms with van der Waals surface area (Å²) in [6.45, 7) is 3.85. The van der Waals surface area contributed by atoms with Crippen LogP contribution in [0, 0.1) is 24.0 Å². The molecule has 0 fully saturated rings. The molecule has 0 amide bonds. The first kappa shape index (κ1) is 18.1. The smallest absolute Gasteiger partial charge is 0.343 e. The highest BCUT2D eigenvalue weighted by molar-refractivity contribution is 5.91. The summed E-state index contributed by atoms with van der Waals surface area (Å²) >= 11 is 0. The third-order valence-electron chi connectivity index (χ3n) is 3.92. The van der Waals surface area contributed by atoms with E-state index in [1.165, 1.54) is 19.2 Å². The van der Waals surface area contributed by atoms with Gasteiger partial charge in [0.1, 0.15) is 0 Å². The van der Waals surface area contributed by atoms with Crippen LogP contribution in [-0.4, -0.2) is 27.8 Å². The summed E-state index contributed by atoms with van der Waals surface area (Å²) in [5, 5.41) is 15.3. The monoisotopic (exact) mass is 367 g/mol. The summed E-state index contributed by atoms with van der Waals surface area (Å²) in [7, 11) is 1.39. The predicted molar refractivity (Wildman–Crippen MR) is 97.6 cm³/mol. The van der Waals surface area contributed by atoms with Crippen molar-refractivity contribution in [2.24, 2.45) is 0 Å². The molecule has 8 heteroatoms. The fourth-order valence-corrected chi connectivity index (χ4v) is 2.65. The maximum atomic E-state index is 12.4. The van der Waals surface area contributed by atoms with Crippen LogP contribution in [0.5, 0.6) is 11.5 Å². The maximum absolute atomic E-state index is 12.4. The highest BCUT2D eigenvalue weighted by atomic mass is 16.6. The Balaban J connectivity index is 1.84. The predicted octanol–water partition coefficient (Wildman–Crippen LogP) is 3.63. The molecule has 8 nitrogen and oxygen atoms in total. The Morgan fingerprint density at radius 2 is 1.78 bits per heavy atom. The number of aromatic nitrogens is 2. The zero-order chi connectivity index (χ0) is 19.6. The fourth-order valence-electron chi connectivity index (χ4n) is 2.65. The van der Waals surface area contributed by atoms with Gasteiger partial charge in [-0.05, 0) is 50.2 Å². The summed E-state index contributed by atoms with van der Waals surface area (Å²) in [5.74, 6) is -0.429. The van der Waals surface area contributed by atoms with Crippen LogP contribution in [0.4, 0.5) is 5.69 Å². The van der Waals surface area contributed by atoms with Crippen molar-refractivity contribution < 1.29 is 19.2 Å². The van der Waals surface area contributed by atoms with Gasteiger partial charge in [-0.3, -0.25) is 10.1 Å². The number of carbonyl (C=O) groups excluding carboxylic acids is 1. The van der Waals surface area contributed by atoms with E-state index in [4.69, 9.17) is 9.47 Å². The molecule has 27 heavy (non-hydrogen) atoms. The van der Waals surface area contributed by atoms with E-state index in [1.807, 2.05) is 19.9 Å². The highest BCUT2D eigenvalue weighted by Crippen LogP contribution is 2.31. The lowest BCUT2D eigenvalue weighted by atomic mass is 10.2. The number of nitrogens with zero attached hydrogens (tertiary/aromatic N) is 3. The molecule has 0 unspecified atom stereocenters.